The number of rotatable bonds is 4. The highest BCUT2D eigenvalue weighted by Gasteiger charge is 2.16. The summed E-state index contributed by atoms with van der Waals surface area (Å²) in [5.74, 6) is 0.498. The summed E-state index contributed by atoms with van der Waals surface area (Å²) >= 11 is 1.37. The first kappa shape index (κ1) is 17.5. The Morgan fingerprint density at radius 3 is 2.81 bits per heavy atom. The minimum Gasteiger partial charge on any atom is -0.494 e. The molecule has 4 rings (SSSR count). The highest BCUT2D eigenvalue weighted by Crippen LogP contribution is 2.17. The first-order valence-electron chi connectivity index (χ1n) is 8.63. The Labute approximate surface area is 159 Å². The van der Waals surface area contributed by atoms with Gasteiger partial charge in [-0.05, 0) is 48.9 Å². The molecule has 0 radical (unpaired) electrons. The van der Waals surface area contributed by atoms with E-state index < -0.39 is 0 Å². The van der Waals surface area contributed by atoms with Crippen LogP contribution in [0.25, 0.3) is 6.08 Å². The minimum atomic E-state index is -0.305. The van der Waals surface area contributed by atoms with Crippen molar-refractivity contribution in [3.63, 3.8) is 0 Å². The molecule has 0 spiro atoms. The number of halogens is 1. The number of ether oxygens (including phenoxy) is 1. The van der Waals surface area contributed by atoms with Crippen LogP contribution in [0.2, 0.25) is 0 Å². The molecule has 2 heterocycles. The number of anilines is 1. The van der Waals surface area contributed by atoms with Crippen LogP contribution >= 0.6 is 11.3 Å². The van der Waals surface area contributed by atoms with Crippen LogP contribution in [0.15, 0.2) is 58.3 Å². The second kappa shape index (κ2) is 7.36. The van der Waals surface area contributed by atoms with Crippen molar-refractivity contribution in [2.75, 3.05) is 18.2 Å². The van der Waals surface area contributed by atoms with Crippen LogP contribution in [0.3, 0.4) is 0 Å². The molecule has 7 heteroatoms. The van der Waals surface area contributed by atoms with E-state index in [-0.39, 0.29) is 11.4 Å². The van der Waals surface area contributed by atoms with Gasteiger partial charge in [-0.25, -0.2) is 9.38 Å². The Morgan fingerprint density at radius 2 is 2.07 bits per heavy atom. The van der Waals surface area contributed by atoms with Gasteiger partial charge < -0.3 is 9.64 Å². The molecule has 0 saturated heterocycles. The highest BCUT2D eigenvalue weighted by atomic mass is 32.1. The van der Waals surface area contributed by atoms with E-state index in [0.717, 1.165) is 11.3 Å². The molecule has 5 nitrogen and oxygen atoms in total. The smallest absolute Gasteiger partial charge is 0.271 e. The lowest BCUT2D eigenvalue weighted by Crippen LogP contribution is -2.42. The van der Waals surface area contributed by atoms with Crippen molar-refractivity contribution in [2.24, 2.45) is 4.99 Å². The number of hydrogen-bond donors (Lipinski definition) is 0. The van der Waals surface area contributed by atoms with Crippen LogP contribution in [-0.4, -0.2) is 17.8 Å². The van der Waals surface area contributed by atoms with Gasteiger partial charge in [-0.2, -0.15) is 0 Å². The molecule has 0 amide bonds. The fraction of sp³-hybridized carbons (Fsp3) is 0.200. The quantitative estimate of drug-likeness (QED) is 0.695. The summed E-state index contributed by atoms with van der Waals surface area (Å²) in [4.78, 5) is 19.8. The van der Waals surface area contributed by atoms with Gasteiger partial charge in [0.15, 0.2) is 4.80 Å². The molecule has 0 saturated carbocycles. The fourth-order valence-electron chi connectivity index (χ4n) is 2.93. The van der Waals surface area contributed by atoms with E-state index in [2.05, 4.69) is 4.99 Å². The maximum atomic E-state index is 13.5. The summed E-state index contributed by atoms with van der Waals surface area (Å²) in [6.07, 6.45) is 1.86. The zero-order valence-electron chi connectivity index (χ0n) is 14.8. The van der Waals surface area contributed by atoms with E-state index in [0.29, 0.717) is 35.0 Å². The average Bonchev–Trinajstić information content (AvgIpc) is 2.99. The number of nitrogens with zero attached hydrogens (tertiary/aromatic N) is 3. The Bertz CT molecular complexity index is 1140. The number of thiazole rings is 1. The highest BCUT2D eigenvalue weighted by molar-refractivity contribution is 7.07. The maximum Gasteiger partial charge on any atom is 0.271 e. The van der Waals surface area contributed by atoms with Gasteiger partial charge in [-0.15, -0.1) is 0 Å². The van der Waals surface area contributed by atoms with E-state index in [1.165, 1.54) is 23.5 Å². The van der Waals surface area contributed by atoms with Crippen LogP contribution in [0, 0.1) is 5.82 Å². The van der Waals surface area contributed by atoms with Crippen LogP contribution in [0.1, 0.15) is 12.5 Å². The van der Waals surface area contributed by atoms with E-state index >= 15 is 0 Å². The third kappa shape index (κ3) is 3.64. The first-order chi connectivity index (χ1) is 13.1. The molecule has 0 bridgehead atoms. The lowest BCUT2D eigenvalue weighted by Gasteiger charge is -2.25. The number of hydrogen-bond acceptors (Lipinski definition) is 5. The van der Waals surface area contributed by atoms with Gasteiger partial charge in [0.1, 0.15) is 24.9 Å². The molecule has 0 fully saturated rings. The molecule has 0 N–H and O–H groups in total. The standard InChI is InChI=1S/C20H18FN3O2S/c1-2-26-17-8-6-14(7-9-17)10-18-19(25)24-13-23(12-22-20(24)27-18)16-5-3-4-15(21)11-16/h3-11H,2,12-13H2,1H3. The molecule has 2 aromatic carbocycles. The summed E-state index contributed by atoms with van der Waals surface area (Å²) in [6, 6.07) is 13.9. The van der Waals surface area contributed by atoms with E-state index in [4.69, 9.17) is 4.74 Å². The van der Waals surface area contributed by atoms with Gasteiger partial charge in [0.25, 0.3) is 5.56 Å². The van der Waals surface area contributed by atoms with Gasteiger partial charge >= 0.3 is 0 Å². The molecule has 0 unspecified atom stereocenters. The SMILES string of the molecule is CCOc1ccc(C=c2sc3n(c2=O)CN(c2cccc(F)c2)CN=3)cc1. The average molecular weight is 383 g/mol. The molecule has 0 atom stereocenters. The zero-order valence-corrected chi connectivity index (χ0v) is 15.6. The molecule has 0 aliphatic carbocycles. The summed E-state index contributed by atoms with van der Waals surface area (Å²) in [5, 5.41) is 0. The summed E-state index contributed by atoms with van der Waals surface area (Å²) in [6.45, 7) is 3.31. The second-order valence-electron chi connectivity index (χ2n) is 6.09. The van der Waals surface area contributed by atoms with Gasteiger partial charge in [-0.3, -0.25) is 9.36 Å². The number of fused-ring (bicyclic) bond motifs is 1. The molecular weight excluding hydrogens is 365 g/mol. The summed E-state index contributed by atoms with van der Waals surface area (Å²) in [5.41, 5.74) is 1.55. The molecule has 1 aromatic heterocycles. The zero-order chi connectivity index (χ0) is 18.8. The topological polar surface area (TPSA) is 46.8 Å². The van der Waals surface area contributed by atoms with Crippen LogP contribution in [-0.2, 0) is 6.67 Å². The van der Waals surface area contributed by atoms with Crippen LogP contribution in [0.4, 0.5) is 10.1 Å². The monoisotopic (exact) mass is 383 g/mol. The van der Waals surface area contributed by atoms with E-state index in [9.17, 15) is 9.18 Å². The second-order valence-corrected chi connectivity index (χ2v) is 7.10. The van der Waals surface area contributed by atoms with Crippen molar-refractivity contribution in [3.8, 4) is 5.75 Å². The predicted octanol–water partition coefficient (Wildman–Crippen LogP) is 2.33. The van der Waals surface area contributed by atoms with Crippen molar-refractivity contribution >= 4 is 23.1 Å². The third-order valence-electron chi connectivity index (χ3n) is 4.24. The Kier molecular flexibility index (Phi) is 4.77. The first-order valence-corrected chi connectivity index (χ1v) is 9.45. The maximum absolute atomic E-state index is 13.5. The number of aromatic nitrogens is 1. The van der Waals surface area contributed by atoms with Gasteiger partial charge in [-0.1, -0.05) is 29.5 Å². The van der Waals surface area contributed by atoms with Crippen molar-refractivity contribution < 1.29 is 9.13 Å². The van der Waals surface area contributed by atoms with Gasteiger partial charge in [0.05, 0.1) is 11.1 Å². The van der Waals surface area contributed by atoms with Crippen molar-refractivity contribution in [1.82, 2.24) is 4.57 Å². The van der Waals surface area contributed by atoms with Crippen molar-refractivity contribution in [2.45, 2.75) is 13.6 Å². The van der Waals surface area contributed by atoms with Crippen LogP contribution < -0.4 is 24.5 Å². The normalized spacial score (nSPS) is 14.0. The molecular formula is C20H18FN3O2S. The number of benzene rings is 2. The molecule has 1 aliphatic rings. The van der Waals surface area contributed by atoms with Crippen molar-refractivity contribution in [1.29, 1.82) is 0 Å². The molecule has 27 heavy (non-hydrogen) atoms. The summed E-state index contributed by atoms with van der Waals surface area (Å²) in [7, 11) is 0. The van der Waals surface area contributed by atoms with Crippen LogP contribution in [0.5, 0.6) is 5.75 Å². The third-order valence-corrected chi connectivity index (χ3v) is 5.28. The van der Waals surface area contributed by atoms with Gasteiger partial charge in [0.2, 0.25) is 0 Å². The summed E-state index contributed by atoms with van der Waals surface area (Å²) < 4.78 is 21.2. The van der Waals surface area contributed by atoms with E-state index in [1.54, 1.807) is 10.6 Å². The van der Waals surface area contributed by atoms with Gasteiger partial charge in [0, 0.05) is 5.69 Å². The lowest BCUT2D eigenvalue weighted by atomic mass is 10.2. The van der Waals surface area contributed by atoms with Crippen molar-refractivity contribution in [3.05, 3.63) is 79.6 Å². The Morgan fingerprint density at radius 1 is 1.26 bits per heavy atom. The Hall–Kier alpha value is -2.93. The molecule has 3 aromatic rings. The molecule has 1 aliphatic heterocycles. The largest absolute Gasteiger partial charge is 0.494 e. The Balaban J connectivity index is 1.65. The molecule has 138 valence electrons. The minimum absolute atomic E-state index is 0.0891. The fourth-order valence-corrected chi connectivity index (χ4v) is 3.89. The van der Waals surface area contributed by atoms with E-state index in [1.807, 2.05) is 48.2 Å². The predicted molar refractivity (Wildman–Crippen MR) is 104 cm³/mol. The lowest BCUT2D eigenvalue weighted by molar-refractivity contribution is 0.340.